The van der Waals surface area contributed by atoms with Crippen molar-refractivity contribution < 1.29 is 9.59 Å². The molecule has 8 heteroatoms. The summed E-state index contributed by atoms with van der Waals surface area (Å²) in [5.41, 5.74) is 3.67. The number of anilines is 2. The molecule has 208 valence electrons. The first kappa shape index (κ1) is 27.4. The lowest BCUT2D eigenvalue weighted by atomic mass is 9.88. The molecular formula is C32H38N6O2. The van der Waals surface area contributed by atoms with Gasteiger partial charge in [0.1, 0.15) is 5.82 Å². The van der Waals surface area contributed by atoms with Crippen molar-refractivity contribution in [3.63, 3.8) is 0 Å². The number of nitrogens with one attached hydrogen (secondary N) is 2. The summed E-state index contributed by atoms with van der Waals surface area (Å²) in [6.07, 6.45) is 7.40. The number of ketones is 1. The van der Waals surface area contributed by atoms with Crippen molar-refractivity contribution in [2.24, 2.45) is 7.05 Å². The van der Waals surface area contributed by atoms with Crippen LogP contribution in [0.4, 0.5) is 11.8 Å². The molecule has 0 bridgehead atoms. The SMILES string of the molecule is Cc1ccc(C(=O)CC(C(=O)N[C@H]2CC[C@@H](Nc3nccc(N(C)C)n3)CC2)c2cn(C)c3ccccc23)cc1. The van der Waals surface area contributed by atoms with Gasteiger partial charge in [-0.15, -0.1) is 0 Å². The minimum absolute atomic E-state index is 0.0269. The van der Waals surface area contributed by atoms with Crippen LogP contribution in [0.25, 0.3) is 10.9 Å². The Bertz CT molecular complexity index is 1490. The van der Waals surface area contributed by atoms with Gasteiger partial charge in [0.2, 0.25) is 11.9 Å². The average molecular weight is 539 g/mol. The molecule has 40 heavy (non-hydrogen) atoms. The summed E-state index contributed by atoms with van der Waals surface area (Å²) < 4.78 is 2.03. The highest BCUT2D eigenvalue weighted by Gasteiger charge is 2.30. The molecule has 1 fully saturated rings. The van der Waals surface area contributed by atoms with Gasteiger partial charge >= 0.3 is 0 Å². The van der Waals surface area contributed by atoms with E-state index in [9.17, 15) is 9.59 Å². The number of rotatable bonds is 9. The Balaban J connectivity index is 1.29. The van der Waals surface area contributed by atoms with Gasteiger partial charge in [0.05, 0.1) is 5.92 Å². The summed E-state index contributed by atoms with van der Waals surface area (Å²) in [4.78, 5) is 38.1. The van der Waals surface area contributed by atoms with Crippen molar-refractivity contribution in [2.45, 2.75) is 57.0 Å². The molecule has 2 heterocycles. The lowest BCUT2D eigenvalue weighted by Gasteiger charge is -2.31. The van der Waals surface area contributed by atoms with Crippen LogP contribution in [0.3, 0.4) is 0 Å². The molecule has 0 aliphatic heterocycles. The van der Waals surface area contributed by atoms with E-state index in [2.05, 4.69) is 20.6 Å². The van der Waals surface area contributed by atoms with Gasteiger partial charge in [-0.1, -0.05) is 48.0 Å². The van der Waals surface area contributed by atoms with Crippen LogP contribution in [0.2, 0.25) is 0 Å². The van der Waals surface area contributed by atoms with Crippen molar-refractivity contribution in [1.29, 1.82) is 0 Å². The molecule has 0 spiro atoms. The molecule has 8 nitrogen and oxygen atoms in total. The Labute approximate surface area is 235 Å². The highest BCUT2D eigenvalue weighted by Crippen LogP contribution is 2.32. The predicted molar refractivity (Wildman–Crippen MR) is 160 cm³/mol. The Hall–Kier alpha value is -4.20. The van der Waals surface area contributed by atoms with E-state index >= 15 is 0 Å². The van der Waals surface area contributed by atoms with Crippen LogP contribution in [-0.2, 0) is 11.8 Å². The summed E-state index contributed by atoms with van der Waals surface area (Å²) >= 11 is 0. The van der Waals surface area contributed by atoms with Crippen molar-refractivity contribution in [3.05, 3.63) is 83.7 Å². The van der Waals surface area contributed by atoms with Crippen LogP contribution in [0.1, 0.15) is 59.5 Å². The topological polar surface area (TPSA) is 92.2 Å². The molecule has 1 aliphatic rings. The molecule has 0 radical (unpaired) electrons. The number of nitrogens with zero attached hydrogens (tertiary/aromatic N) is 4. The first-order valence-corrected chi connectivity index (χ1v) is 14.0. The van der Waals surface area contributed by atoms with E-state index in [1.54, 1.807) is 6.20 Å². The number of fused-ring (bicyclic) bond motifs is 1. The molecule has 2 aromatic heterocycles. The Kier molecular flexibility index (Phi) is 8.14. The fraction of sp³-hybridized carbons (Fsp3) is 0.375. The monoisotopic (exact) mass is 538 g/mol. The lowest BCUT2D eigenvalue weighted by molar-refractivity contribution is -0.123. The number of hydrogen-bond donors (Lipinski definition) is 2. The molecule has 1 aliphatic carbocycles. The summed E-state index contributed by atoms with van der Waals surface area (Å²) in [6.45, 7) is 2.00. The van der Waals surface area contributed by atoms with Crippen LogP contribution >= 0.6 is 0 Å². The number of Topliss-reactive ketones (excluding diaryl/α,β-unsaturated/α-hetero) is 1. The molecule has 1 amide bonds. The third-order valence-electron chi connectivity index (χ3n) is 7.89. The number of benzene rings is 2. The Morgan fingerprint density at radius 2 is 1.70 bits per heavy atom. The van der Waals surface area contributed by atoms with Crippen LogP contribution in [-0.4, -0.2) is 52.4 Å². The van der Waals surface area contributed by atoms with Gasteiger partial charge in [0, 0.05) is 68.5 Å². The molecule has 4 aromatic rings. The fourth-order valence-corrected chi connectivity index (χ4v) is 5.57. The summed E-state index contributed by atoms with van der Waals surface area (Å²) in [5, 5.41) is 7.77. The maximum Gasteiger partial charge on any atom is 0.228 e. The average Bonchev–Trinajstić information content (AvgIpc) is 3.29. The fourth-order valence-electron chi connectivity index (χ4n) is 5.57. The molecule has 2 N–H and O–H groups in total. The standard InChI is InChI=1S/C32H38N6O2/c1-21-9-11-22(12-10-21)29(39)19-26(27-20-38(4)28-8-6-5-7-25(27)28)31(40)34-23-13-15-24(16-14-23)35-32-33-18-17-30(36-32)37(2)3/h5-12,17-18,20,23-24,26H,13-16,19H2,1-4H3,(H,34,40)(H,33,35,36)/t23-,24+,26?. The summed E-state index contributed by atoms with van der Waals surface area (Å²) in [6, 6.07) is 17.8. The Morgan fingerprint density at radius 1 is 1.00 bits per heavy atom. The molecule has 2 aromatic carbocycles. The zero-order valence-electron chi connectivity index (χ0n) is 23.7. The maximum absolute atomic E-state index is 13.8. The third kappa shape index (κ3) is 6.17. The minimum atomic E-state index is -0.571. The second-order valence-corrected chi connectivity index (χ2v) is 11.1. The lowest BCUT2D eigenvalue weighted by Crippen LogP contribution is -2.42. The van der Waals surface area contributed by atoms with Gasteiger partial charge in [0.25, 0.3) is 0 Å². The van der Waals surface area contributed by atoms with E-state index in [0.29, 0.717) is 11.5 Å². The van der Waals surface area contributed by atoms with Gasteiger partial charge in [0.15, 0.2) is 5.78 Å². The largest absolute Gasteiger partial charge is 0.363 e. The molecular weight excluding hydrogens is 500 g/mol. The van der Waals surface area contributed by atoms with Crippen LogP contribution in [0.15, 0.2) is 67.0 Å². The van der Waals surface area contributed by atoms with Crippen molar-refractivity contribution >= 4 is 34.4 Å². The summed E-state index contributed by atoms with van der Waals surface area (Å²) in [7, 11) is 5.90. The number of aromatic nitrogens is 3. The maximum atomic E-state index is 13.8. The van der Waals surface area contributed by atoms with Crippen molar-refractivity contribution in [3.8, 4) is 0 Å². The second-order valence-electron chi connectivity index (χ2n) is 11.1. The highest BCUT2D eigenvalue weighted by molar-refractivity contribution is 6.01. The number of carbonyl (C=O) groups is 2. The Morgan fingerprint density at radius 3 is 2.42 bits per heavy atom. The van der Waals surface area contributed by atoms with E-state index < -0.39 is 5.92 Å². The number of hydrogen-bond acceptors (Lipinski definition) is 6. The van der Waals surface area contributed by atoms with Crippen LogP contribution < -0.4 is 15.5 Å². The molecule has 0 saturated heterocycles. The number of aryl methyl sites for hydroxylation is 2. The quantitative estimate of drug-likeness (QED) is 0.283. The smallest absolute Gasteiger partial charge is 0.228 e. The van der Waals surface area contributed by atoms with E-state index in [0.717, 1.165) is 53.5 Å². The second kappa shape index (κ2) is 11.9. The molecule has 5 rings (SSSR count). The predicted octanol–water partition coefficient (Wildman–Crippen LogP) is 5.24. The van der Waals surface area contributed by atoms with Crippen LogP contribution in [0.5, 0.6) is 0 Å². The number of amides is 1. The molecule has 1 saturated carbocycles. The first-order chi connectivity index (χ1) is 19.3. The van der Waals surface area contributed by atoms with Gasteiger partial charge < -0.3 is 20.1 Å². The molecule has 1 unspecified atom stereocenters. The highest BCUT2D eigenvalue weighted by atomic mass is 16.2. The van der Waals surface area contributed by atoms with Crippen molar-refractivity contribution in [2.75, 3.05) is 24.3 Å². The van der Waals surface area contributed by atoms with E-state index in [1.165, 1.54) is 0 Å². The first-order valence-electron chi connectivity index (χ1n) is 14.0. The normalized spacial score (nSPS) is 17.8. The van der Waals surface area contributed by atoms with Crippen molar-refractivity contribution in [1.82, 2.24) is 19.9 Å². The number of carbonyl (C=O) groups excluding carboxylic acids is 2. The molecule has 1 atom stereocenters. The zero-order chi connectivity index (χ0) is 28.2. The van der Waals surface area contributed by atoms with E-state index in [4.69, 9.17) is 0 Å². The van der Waals surface area contributed by atoms with E-state index in [1.807, 2.05) is 98.3 Å². The number of para-hydroxylation sites is 1. The van der Waals surface area contributed by atoms with E-state index in [-0.39, 0.29) is 30.2 Å². The van der Waals surface area contributed by atoms with Gasteiger partial charge in [-0.2, -0.15) is 4.98 Å². The van der Waals surface area contributed by atoms with Gasteiger partial charge in [-0.05, 0) is 50.3 Å². The summed E-state index contributed by atoms with van der Waals surface area (Å²) in [5.74, 6) is 0.802. The third-order valence-corrected chi connectivity index (χ3v) is 7.89. The minimum Gasteiger partial charge on any atom is -0.363 e. The van der Waals surface area contributed by atoms with Crippen LogP contribution in [0, 0.1) is 6.92 Å². The zero-order valence-corrected chi connectivity index (χ0v) is 23.7. The van der Waals surface area contributed by atoms with Gasteiger partial charge in [-0.3, -0.25) is 9.59 Å². The van der Waals surface area contributed by atoms with Gasteiger partial charge in [-0.25, -0.2) is 4.98 Å².